The van der Waals surface area contributed by atoms with E-state index in [1.807, 2.05) is 0 Å². The first kappa shape index (κ1) is 16.3. The molecule has 2 N–H and O–H groups in total. The molecule has 0 aromatic heterocycles. The summed E-state index contributed by atoms with van der Waals surface area (Å²) in [5, 5.41) is -0.611. The van der Waals surface area contributed by atoms with Gasteiger partial charge in [0.2, 0.25) is 10.0 Å². The van der Waals surface area contributed by atoms with Crippen molar-refractivity contribution in [3.8, 4) is 0 Å². The van der Waals surface area contributed by atoms with Crippen LogP contribution < -0.4 is 5.73 Å². The minimum Gasteiger partial charge on any atom is -0.399 e. The van der Waals surface area contributed by atoms with E-state index in [9.17, 15) is 16.8 Å². The lowest BCUT2D eigenvalue weighted by molar-refractivity contribution is 0.448. The largest absolute Gasteiger partial charge is 0.399 e. The summed E-state index contributed by atoms with van der Waals surface area (Å²) in [4.78, 5) is 0. The highest BCUT2D eigenvalue weighted by Gasteiger charge is 2.35. The summed E-state index contributed by atoms with van der Waals surface area (Å²) in [6.45, 7) is 0.256. The predicted molar refractivity (Wildman–Crippen MR) is 82.9 cm³/mol. The van der Waals surface area contributed by atoms with E-state index in [4.69, 9.17) is 5.73 Å². The van der Waals surface area contributed by atoms with E-state index in [0.29, 0.717) is 5.69 Å². The van der Waals surface area contributed by atoms with Crippen LogP contribution in [0.15, 0.2) is 24.3 Å². The number of sulfonamides is 1. The minimum absolute atomic E-state index is 0.0490. The molecule has 0 aliphatic carbocycles. The Hall–Kier alpha value is -1.12. The molecule has 0 amide bonds. The first-order chi connectivity index (χ1) is 9.71. The SMILES string of the molecule is CN(Cc1ccc(N)cc1)S(=O)(=O)C1CCS(=O)(=O)CC1. The number of anilines is 1. The van der Waals surface area contributed by atoms with Crippen molar-refractivity contribution in [3.63, 3.8) is 0 Å². The van der Waals surface area contributed by atoms with Crippen LogP contribution in [0.4, 0.5) is 5.69 Å². The minimum atomic E-state index is -3.48. The van der Waals surface area contributed by atoms with Crippen molar-refractivity contribution < 1.29 is 16.8 Å². The third kappa shape index (κ3) is 3.96. The van der Waals surface area contributed by atoms with E-state index >= 15 is 0 Å². The van der Waals surface area contributed by atoms with Gasteiger partial charge in [-0.05, 0) is 30.5 Å². The Bertz CT molecular complexity index is 682. The van der Waals surface area contributed by atoms with E-state index in [-0.39, 0.29) is 30.9 Å². The van der Waals surface area contributed by atoms with Gasteiger partial charge in [0, 0.05) is 19.3 Å². The molecule has 2 rings (SSSR count). The highest BCUT2D eigenvalue weighted by atomic mass is 32.2. The zero-order valence-electron chi connectivity index (χ0n) is 11.9. The first-order valence-electron chi connectivity index (χ1n) is 6.71. The van der Waals surface area contributed by atoms with E-state index < -0.39 is 25.1 Å². The van der Waals surface area contributed by atoms with Crippen molar-refractivity contribution in [2.45, 2.75) is 24.6 Å². The molecule has 1 heterocycles. The van der Waals surface area contributed by atoms with Crippen molar-refractivity contribution >= 4 is 25.5 Å². The maximum atomic E-state index is 12.5. The molecule has 0 spiro atoms. The monoisotopic (exact) mass is 332 g/mol. The summed E-state index contributed by atoms with van der Waals surface area (Å²) in [6.07, 6.45) is 0.355. The number of nitrogen functional groups attached to an aromatic ring is 1. The zero-order chi connectivity index (χ0) is 15.7. The van der Waals surface area contributed by atoms with Crippen molar-refractivity contribution in [2.75, 3.05) is 24.3 Å². The number of hydrogen-bond donors (Lipinski definition) is 1. The topological polar surface area (TPSA) is 97.5 Å². The molecular weight excluding hydrogens is 312 g/mol. The lowest BCUT2D eigenvalue weighted by Gasteiger charge is -2.27. The van der Waals surface area contributed by atoms with Crippen molar-refractivity contribution in [1.82, 2.24) is 4.31 Å². The molecular formula is C13H20N2O4S2. The van der Waals surface area contributed by atoms with Gasteiger partial charge in [0.15, 0.2) is 0 Å². The van der Waals surface area contributed by atoms with Crippen molar-refractivity contribution in [3.05, 3.63) is 29.8 Å². The van der Waals surface area contributed by atoms with Gasteiger partial charge in [-0.1, -0.05) is 12.1 Å². The highest BCUT2D eigenvalue weighted by Crippen LogP contribution is 2.23. The second kappa shape index (κ2) is 5.94. The molecule has 1 fully saturated rings. The quantitative estimate of drug-likeness (QED) is 0.815. The van der Waals surface area contributed by atoms with Crippen molar-refractivity contribution in [2.24, 2.45) is 0 Å². The molecule has 1 aliphatic rings. The highest BCUT2D eigenvalue weighted by molar-refractivity contribution is 7.92. The second-order valence-electron chi connectivity index (χ2n) is 5.39. The average molecular weight is 332 g/mol. The Morgan fingerprint density at radius 1 is 1.19 bits per heavy atom. The fourth-order valence-electron chi connectivity index (χ4n) is 2.39. The molecule has 21 heavy (non-hydrogen) atoms. The lowest BCUT2D eigenvalue weighted by Crippen LogP contribution is -2.40. The lowest BCUT2D eigenvalue weighted by atomic mass is 10.2. The molecule has 6 nitrogen and oxygen atoms in total. The van der Waals surface area contributed by atoms with Gasteiger partial charge in [0.25, 0.3) is 0 Å². The van der Waals surface area contributed by atoms with Crippen LogP contribution >= 0.6 is 0 Å². The summed E-state index contributed by atoms with van der Waals surface area (Å²) in [5.41, 5.74) is 7.07. The molecule has 1 saturated heterocycles. The average Bonchev–Trinajstić information content (AvgIpc) is 2.41. The molecule has 0 bridgehead atoms. The smallest absolute Gasteiger partial charge is 0.217 e. The molecule has 1 aromatic rings. The standard InChI is InChI=1S/C13H20N2O4S2/c1-15(10-11-2-4-12(14)5-3-11)21(18,19)13-6-8-20(16,17)9-7-13/h2-5,13H,6-10,14H2,1H3. The van der Waals surface area contributed by atoms with Gasteiger partial charge in [0.1, 0.15) is 9.84 Å². The molecule has 0 unspecified atom stereocenters. The molecule has 118 valence electrons. The summed E-state index contributed by atoms with van der Waals surface area (Å²) in [5.74, 6) is -0.0980. The van der Waals surface area contributed by atoms with Crippen LogP contribution in [0, 0.1) is 0 Å². The van der Waals surface area contributed by atoms with Gasteiger partial charge >= 0.3 is 0 Å². The Morgan fingerprint density at radius 2 is 1.71 bits per heavy atom. The molecule has 0 radical (unpaired) electrons. The third-order valence-electron chi connectivity index (χ3n) is 3.74. The van der Waals surface area contributed by atoms with Crippen LogP contribution in [0.25, 0.3) is 0 Å². The number of nitrogens with zero attached hydrogens (tertiary/aromatic N) is 1. The summed E-state index contributed by atoms with van der Waals surface area (Å²) in [6, 6.07) is 7.02. The summed E-state index contributed by atoms with van der Waals surface area (Å²) >= 11 is 0. The molecule has 1 aromatic carbocycles. The Kier molecular flexibility index (Phi) is 4.60. The Morgan fingerprint density at radius 3 is 2.24 bits per heavy atom. The van der Waals surface area contributed by atoms with Crippen LogP contribution in [0.5, 0.6) is 0 Å². The normalized spacial score (nSPS) is 19.7. The second-order valence-corrected chi connectivity index (χ2v) is 10.0. The molecule has 8 heteroatoms. The molecule has 0 atom stereocenters. The Balaban J connectivity index is 2.07. The van der Waals surface area contributed by atoms with Crippen LogP contribution in [0.2, 0.25) is 0 Å². The Labute approximate surface area is 125 Å². The van der Waals surface area contributed by atoms with Crippen LogP contribution in [0.1, 0.15) is 18.4 Å². The van der Waals surface area contributed by atoms with E-state index in [1.165, 1.54) is 11.4 Å². The fraction of sp³-hybridized carbons (Fsp3) is 0.538. The van der Waals surface area contributed by atoms with Gasteiger partial charge in [0.05, 0.1) is 16.8 Å². The van der Waals surface area contributed by atoms with E-state index in [1.54, 1.807) is 24.3 Å². The van der Waals surface area contributed by atoms with Gasteiger partial charge in [-0.25, -0.2) is 21.1 Å². The maximum absolute atomic E-state index is 12.5. The van der Waals surface area contributed by atoms with Gasteiger partial charge in [-0.2, -0.15) is 0 Å². The third-order valence-corrected chi connectivity index (χ3v) is 7.77. The van der Waals surface area contributed by atoms with Gasteiger partial charge in [-0.3, -0.25) is 0 Å². The van der Waals surface area contributed by atoms with E-state index in [0.717, 1.165) is 5.56 Å². The number of sulfone groups is 1. The summed E-state index contributed by atoms with van der Waals surface area (Å²) in [7, 11) is -5.02. The molecule has 1 aliphatic heterocycles. The summed E-state index contributed by atoms with van der Waals surface area (Å²) < 4.78 is 49.0. The number of hydrogen-bond acceptors (Lipinski definition) is 5. The van der Waals surface area contributed by atoms with Crippen LogP contribution in [-0.4, -0.2) is 44.9 Å². The fourth-order valence-corrected chi connectivity index (χ4v) is 5.85. The van der Waals surface area contributed by atoms with E-state index in [2.05, 4.69) is 0 Å². The van der Waals surface area contributed by atoms with Gasteiger partial charge < -0.3 is 5.73 Å². The first-order valence-corrected chi connectivity index (χ1v) is 10.0. The van der Waals surface area contributed by atoms with Gasteiger partial charge in [-0.15, -0.1) is 0 Å². The number of benzene rings is 1. The predicted octanol–water partition coefficient (Wildman–Crippen LogP) is 0.608. The number of nitrogens with two attached hydrogens (primary N) is 1. The molecule has 0 saturated carbocycles. The number of rotatable bonds is 4. The van der Waals surface area contributed by atoms with Crippen molar-refractivity contribution in [1.29, 1.82) is 0 Å². The maximum Gasteiger partial charge on any atom is 0.217 e. The van der Waals surface area contributed by atoms with Crippen LogP contribution in [-0.2, 0) is 26.4 Å². The van der Waals surface area contributed by atoms with Crippen LogP contribution in [0.3, 0.4) is 0 Å². The zero-order valence-corrected chi connectivity index (χ0v) is 13.5.